The molecule has 0 radical (unpaired) electrons. The van der Waals surface area contributed by atoms with Crippen LogP contribution in [0.5, 0.6) is 0 Å². The van der Waals surface area contributed by atoms with Crippen LogP contribution in [0, 0.1) is 11.3 Å². The summed E-state index contributed by atoms with van der Waals surface area (Å²) in [5, 5.41) is 30.5. The first kappa shape index (κ1) is 22.5. The fraction of sp³-hybridized carbons (Fsp3) is 0.607. The zero-order valence-corrected chi connectivity index (χ0v) is 21.3. The fourth-order valence-electron chi connectivity index (χ4n) is 8.54. The molecule has 2 spiro atoms. The summed E-state index contributed by atoms with van der Waals surface area (Å²) in [4.78, 5) is 1.35. The van der Waals surface area contributed by atoms with Crippen LogP contribution in [0.3, 0.4) is 0 Å². The fourth-order valence-corrected chi connectivity index (χ4v) is 9.02. The van der Waals surface area contributed by atoms with Gasteiger partial charge in [0.2, 0.25) is 0 Å². The van der Waals surface area contributed by atoms with Crippen LogP contribution in [0.15, 0.2) is 42.1 Å². The van der Waals surface area contributed by atoms with Crippen LogP contribution in [-0.4, -0.2) is 73.7 Å². The number of H-pyrrole nitrogens is 1. The van der Waals surface area contributed by atoms with Gasteiger partial charge in [-0.2, -0.15) is 5.10 Å². The molecule has 3 heterocycles. The summed E-state index contributed by atoms with van der Waals surface area (Å²) in [6.45, 7) is 2.40. The molecular weight excluding hydrogens is 462 g/mol. The summed E-state index contributed by atoms with van der Waals surface area (Å²) in [6, 6.07) is 6.41. The summed E-state index contributed by atoms with van der Waals surface area (Å²) in [6.07, 6.45) is 9.71. The summed E-state index contributed by atoms with van der Waals surface area (Å²) in [5.41, 5.74) is 3.43. The van der Waals surface area contributed by atoms with Gasteiger partial charge in [0, 0.05) is 17.3 Å². The number of aromatic nitrogens is 2. The molecule has 3 N–H and O–H groups in total. The van der Waals surface area contributed by atoms with Crippen molar-refractivity contribution in [3.05, 3.63) is 47.7 Å². The molecule has 8 unspecified atom stereocenters. The van der Waals surface area contributed by atoms with Gasteiger partial charge in [-0.25, -0.2) is 0 Å². The van der Waals surface area contributed by atoms with E-state index in [1.54, 1.807) is 0 Å². The lowest BCUT2D eigenvalue weighted by Gasteiger charge is -2.61. The van der Waals surface area contributed by atoms with E-state index in [1.807, 2.05) is 25.2 Å². The van der Waals surface area contributed by atoms with Crippen LogP contribution >= 0.6 is 11.6 Å². The molecule has 1 aromatic carbocycles. The molecule has 3 aliphatic carbocycles. The van der Waals surface area contributed by atoms with Gasteiger partial charge in [-0.1, -0.05) is 25.1 Å². The second-order valence-electron chi connectivity index (χ2n) is 12.1. The van der Waals surface area contributed by atoms with Crippen molar-refractivity contribution >= 4 is 28.1 Å². The van der Waals surface area contributed by atoms with E-state index < -0.39 is 28.3 Å². The number of likely N-dealkylation sites (N-methyl/N-ethyl adjacent to an activating group) is 1. The summed E-state index contributed by atoms with van der Waals surface area (Å²) in [7, 11) is 3.93. The average molecular weight is 496 g/mol. The van der Waals surface area contributed by atoms with Crippen molar-refractivity contribution < 1.29 is 14.9 Å². The summed E-state index contributed by atoms with van der Waals surface area (Å²) < 4.78 is 7.26. The minimum absolute atomic E-state index is 0.0412. The number of aromatic amines is 1. The minimum atomic E-state index is -0.949. The molecule has 1 saturated heterocycles. The molecule has 1 aromatic heterocycles. The molecular formula is C28H34ClN3O3. The third-order valence-electron chi connectivity index (χ3n) is 10.4. The molecule has 6 nitrogen and oxygen atoms in total. The number of alkyl halides is 1. The second kappa shape index (κ2) is 6.99. The molecule has 0 amide bonds. The predicted molar refractivity (Wildman–Crippen MR) is 136 cm³/mol. The van der Waals surface area contributed by atoms with E-state index in [1.165, 1.54) is 11.1 Å². The Morgan fingerprint density at radius 3 is 2.80 bits per heavy atom. The standard InChI is InChI=1S/C28H34ClN3O3/c1-25-8-10-27(29)13-19-23(33)24(34)21(32(2)3)14-26(19)9-11-28(27,35-26)22(25)7-5-18(25)16-4-6-20-17(12-16)15-30-31-20/h4-6,12-13,15,21-24,33-34H,7-11,14H2,1-3H3,(H,30,31). The Labute approximate surface area is 211 Å². The monoisotopic (exact) mass is 495 g/mol. The normalized spacial score (nSPS) is 46.3. The van der Waals surface area contributed by atoms with Crippen LogP contribution in [0.4, 0.5) is 0 Å². The number of nitrogens with zero attached hydrogens (tertiary/aromatic N) is 2. The highest BCUT2D eigenvalue weighted by Crippen LogP contribution is 2.71. The zero-order chi connectivity index (χ0) is 24.4. The van der Waals surface area contributed by atoms with Crippen molar-refractivity contribution in [2.24, 2.45) is 11.3 Å². The Kier molecular flexibility index (Phi) is 4.49. The number of hydrogen-bond donors (Lipinski definition) is 3. The van der Waals surface area contributed by atoms with E-state index in [2.05, 4.69) is 47.5 Å². The highest BCUT2D eigenvalue weighted by atomic mass is 35.5. The molecule has 2 bridgehead atoms. The number of fused-ring (bicyclic) bond motifs is 2. The maximum absolute atomic E-state index is 11.2. The Hall–Kier alpha value is -1.70. The highest BCUT2D eigenvalue weighted by Gasteiger charge is 2.73. The Bertz CT molecular complexity index is 1290. The lowest BCUT2D eigenvalue weighted by Crippen LogP contribution is -2.68. The third-order valence-corrected chi connectivity index (χ3v) is 11.0. The SMILES string of the molecule is CN(C)C1CC23CCC4(O2)C2CC=C(c5ccc6[nH]ncc6c5)C2(C)CCC4(Cl)C=C3C(O)C1O. The van der Waals surface area contributed by atoms with Gasteiger partial charge in [-0.05, 0) is 86.9 Å². The summed E-state index contributed by atoms with van der Waals surface area (Å²) >= 11 is 7.53. The molecule has 35 heavy (non-hydrogen) atoms. The number of ether oxygens (including phenoxy) is 1. The largest absolute Gasteiger partial charge is 0.388 e. The lowest BCUT2D eigenvalue weighted by molar-refractivity contribution is -0.199. The lowest BCUT2D eigenvalue weighted by atomic mass is 9.54. The summed E-state index contributed by atoms with van der Waals surface area (Å²) in [5.74, 6) is 0.260. The first-order chi connectivity index (χ1) is 16.6. The van der Waals surface area contributed by atoms with Crippen molar-refractivity contribution in [2.45, 2.75) is 79.8 Å². The maximum Gasteiger partial charge on any atom is 0.105 e. The Morgan fingerprint density at radius 2 is 2.00 bits per heavy atom. The number of nitrogens with one attached hydrogen (secondary N) is 1. The van der Waals surface area contributed by atoms with E-state index >= 15 is 0 Å². The van der Waals surface area contributed by atoms with E-state index in [4.69, 9.17) is 16.3 Å². The Balaban J connectivity index is 1.31. The average Bonchev–Trinajstić information content (AvgIpc) is 3.52. The number of aliphatic hydroxyl groups excluding tert-OH is 2. The quantitative estimate of drug-likeness (QED) is 0.433. The second-order valence-corrected chi connectivity index (χ2v) is 12.8. The van der Waals surface area contributed by atoms with E-state index in [-0.39, 0.29) is 17.4 Å². The van der Waals surface area contributed by atoms with Crippen LogP contribution in [-0.2, 0) is 4.74 Å². The highest BCUT2D eigenvalue weighted by molar-refractivity contribution is 6.26. The molecule has 8 atom stereocenters. The molecule has 7 rings (SSSR count). The Morgan fingerprint density at radius 1 is 1.17 bits per heavy atom. The van der Waals surface area contributed by atoms with Crippen LogP contribution in [0.1, 0.15) is 51.0 Å². The van der Waals surface area contributed by atoms with Gasteiger partial charge in [0.05, 0.1) is 33.9 Å². The van der Waals surface area contributed by atoms with Crippen LogP contribution < -0.4 is 0 Å². The van der Waals surface area contributed by atoms with E-state index in [9.17, 15) is 10.2 Å². The van der Waals surface area contributed by atoms with Crippen molar-refractivity contribution in [3.8, 4) is 0 Å². The van der Waals surface area contributed by atoms with Gasteiger partial charge in [-0.3, -0.25) is 5.10 Å². The van der Waals surface area contributed by atoms with Crippen LogP contribution in [0.2, 0.25) is 0 Å². The van der Waals surface area contributed by atoms with Gasteiger partial charge in [0.15, 0.2) is 0 Å². The molecule has 2 aromatic rings. The molecule has 2 saturated carbocycles. The molecule has 3 fully saturated rings. The van der Waals surface area contributed by atoms with Gasteiger partial charge in [-0.15, -0.1) is 11.6 Å². The van der Waals surface area contributed by atoms with Gasteiger partial charge < -0.3 is 19.8 Å². The molecule has 186 valence electrons. The number of halogens is 1. The number of aliphatic hydroxyl groups is 2. The van der Waals surface area contributed by atoms with Gasteiger partial charge >= 0.3 is 0 Å². The maximum atomic E-state index is 11.2. The van der Waals surface area contributed by atoms with Crippen molar-refractivity contribution in [1.82, 2.24) is 15.1 Å². The van der Waals surface area contributed by atoms with Gasteiger partial charge in [0.25, 0.3) is 0 Å². The minimum Gasteiger partial charge on any atom is -0.388 e. The first-order valence-electron chi connectivity index (χ1n) is 12.9. The number of hydrogen-bond acceptors (Lipinski definition) is 5. The number of rotatable bonds is 2. The molecule has 7 heteroatoms. The third kappa shape index (κ3) is 2.67. The van der Waals surface area contributed by atoms with Crippen molar-refractivity contribution in [3.63, 3.8) is 0 Å². The smallest absolute Gasteiger partial charge is 0.105 e. The predicted octanol–water partition coefficient (Wildman–Crippen LogP) is 4.03. The van der Waals surface area contributed by atoms with Crippen molar-refractivity contribution in [1.29, 1.82) is 0 Å². The zero-order valence-electron chi connectivity index (χ0n) is 20.6. The van der Waals surface area contributed by atoms with Crippen molar-refractivity contribution in [2.75, 3.05) is 14.1 Å². The number of allylic oxidation sites excluding steroid dienone is 2. The van der Waals surface area contributed by atoms with E-state index in [0.29, 0.717) is 6.42 Å². The molecule has 5 aliphatic rings. The van der Waals surface area contributed by atoms with E-state index in [0.717, 1.165) is 48.6 Å². The first-order valence-corrected chi connectivity index (χ1v) is 13.3. The van der Waals surface area contributed by atoms with Crippen LogP contribution in [0.25, 0.3) is 16.5 Å². The number of benzene rings is 1. The topological polar surface area (TPSA) is 81.6 Å². The molecule has 2 aliphatic heterocycles. The van der Waals surface area contributed by atoms with Gasteiger partial charge in [0.1, 0.15) is 6.10 Å².